The van der Waals surface area contributed by atoms with Crippen LogP contribution < -0.4 is 5.56 Å². The van der Waals surface area contributed by atoms with Crippen LogP contribution in [0.2, 0.25) is 0 Å². The molecule has 0 amide bonds. The van der Waals surface area contributed by atoms with Gasteiger partial charge in [0.1, 0.15) is 6.17 Å². The standard InChI is InChI=1S/C28H28FN3O2/c29-24-17-32(18-24)16-23-13-22-7-8-30-28(33)27(22)26-14-21(5-6-25(23)26)20-3-1-19(2-4-20)15-31-9-11-34-12-10-31/h1-8,13-14,24H,9-12,15-18H2,(H,30,33). The topological polar surface area (TPSA) is 48.6 Å². The highest BCUT2D eigenvalue weighted by atomic mass is 19.1. The number of nitrogens with zero attached hydrogens (tertiary/aromatic N) is 2. The van der Waals surface area contributed by atoms with Crippen molar-refractivity contribution in [2.24, 2.45) is 0 Å². The number of fused-ring (bicyclic) bond motifs is 3. The zero-order valence-corrected chi connectivity index (χ0v) is 19.1. The van der Waals surface area contributed by atoms with Crippen LogP contribution in [0.3, 0.4) is 0 Å². The number of alkyl halides is 1. The molecule has 174 valence electrons. The van der Waals surface area contributed by atoms with Gasteiger partial charge in [0, 0.05) is 45.5 Å². The number of morpholine rings is 1. The van der Waals surface area contributed by atoms with Crippen molar-refractivity contribution in [3.63, 3.8) is 0 Å². The highest BCUT2D eigenvalue weighted by Gasteiger charge is 2.26. The number of ether oxygens (including phenoxy) is 1. The van der Waals surface area contributed by atoms with Crippen LogP contribution in [0.4, 0.5) is 4.39 Å². The van der Waals surface area contributed by atoms with Crippen molar-refractivity contribution in [1.29, 1.82) is 0 Å². The van der Waals surface area contributed by atoms with E-state index in [9.17, 15) is 9.18 Å². The van der Waals surface area contributed by atoms with Gasteiger partial charge in [-0.2, -0.15) is 0 Å². The van der Waals surface area contributed by atoms with Crippen molar-refractivity contribution in [1.82, 2.24) is 14.8 Å². The highest BCUT2D eigenvalue weighted by molar-refractivity contribution is 6.09. The van der Waals surface area contributed by atoms with Gasteiger partial charge in [-0.1, -0.05) is 36.4 Å². The molecule has 0 unspecified atom stereocenters. The first-order chi connectivity index (χ1) is 16.6. The number of nitrogens with one attached hydrogen (secondary N) is 1. The number of H-pyrrole nitrogens is 1. The molecule has 2 saturated heterocycles. The smallest absolute Gasteiger partial charge is 0.256 e. The lowest BCUT2D eigenvalue weighted by Crippen LogP contribution is -2.47. The fourth-order valence-electron chi connectivity index (χ4n) is 5.20. The van der Waals surface area contributed by atoms with Crippen LogP contribution in [0.15, 0.2) is 65.6 Å². The molecule has 0 atom stereocenters. The minimum Gasteiger partial charge on any atom is -0.379 e. The highest BCUT2D eigenvalue weighted by Crippen LogP contribution is 2.32. The second kappa shape index (κ2) is 8.95. The number of benzene rings is 3. The zero-order valence-electron chi connectivity index (χ0n) is 19.1. The second-order valence-electron chi connectivity index (χ2n) is 9.44. The van der Waals surface area contributed by atoms with Crippen molar-refractivity contribution >= 4 is 21.5 Å². The Balaban J connectivity index is 1.37. The summed E-state index contributed by atoms with van der Waals surface area (Å²) in [7, 11) is 0. The van der Waals surface area contributed by atoms with E-state index < -0.39 is 6.17 Å². The molecule has 0 bridgehead atoms. The van der Waals surface area contributed by atoms with E-state index in [0.29, 0.717) is 25.0 Å². The summed E-state index contributed by atoms with van der Waals surface area (Å²) in [5, 5.41) is 3.63. The molecule has 1 aromatic heterocycles. The molecule has 0 saturated carbocycles. The first kappa shape index (κ1) is 21.5. The van der Waals surface area contributed by atoms with Crippen LogP contribution in [0, 0.1) is 0 Å². The summed E-state index contributed by atoms with van der Waals surface area (Å²) in [6.07, 6.45) is 0.964. The third kappa shape index (κ3) is 4.13. The van der Waals surface area contributed by atoms with Gasteiger partial charge in [-0.25, -0.2) is 4.39 Å². The average molecular weight is 458 g/mol. The summed E-state index contributed by atoms with van der Waals surface area (Å²) in [5.41, 5.74) is 4.55. The second-order valence-corrected chi connectivity index (χ2v) is 9.44. The Bertz CT molecular complexity index is 1390. The summed E-state index contributed by atoms with van der Waals surface area (Å²) in [6, 6.07) is 19.1. The van der Waals surface area contributed by atoms with Crippen molar-refractivity contribution in [3.05, 3.63) is 82.3 Å². The predicted octanol–water partition coefficient (Wildman–Crippen LogP) is 4.33. The van der Waals surface area contributed by atoms with Crippen LogP contribution in [0.5, 0.6) is 0 Å². The van der Waals surface area contributed by atoms with Gasteiger partial charge in [0.2, 0.25) is 0 Å². The summed E-state index contributed by atoms with van der Waals surface area (Å²) in [4.78, 5) is 20.1. The van der Waals surface area contributed by atoms with Gasteiger partial charge in [-0.05, 0) is 56.6 Å². The summed E-state index contributed by atoms with van der Waals surface area (Å²) >= 11 is 0. The van der Waals surface area contributed by atoms with Crippen molar-refractivity contribution in [2.45, 2.75) is 19.3 Å². The SMILES string of the molecule is O=c1[nH]ccc2cc(CN3CC(F)C3)c3ccc(-c4ccc(CN5CCOCC5)cc4)cc3c12. The van der Waals surface area contributed by atoms with Crippen LogP contribution in [0.25, 0.3) is 32.7 Å². The van der Waals surface area contributed by atoms with Gasteiger partial charge in [-0.3, -0.25) is 14.6 Å². The molecule has 1 N–H and O–H groups in total. The molecule has 0 spiro atoms. The maximum atomic E-state index is 13.4. The molecule has 2 fully saturated rings. The van der Waals surface area contributed by atoms with E-state index in [2.05, 4.69) is 63.3 Å². The van der Waals surface area contributed by atoms with E-state index in [-0.39, 0.29) is 5.56 Å². The van der Waals surface area contributed by atoms with Crippen molar-refractivity contribution in [2.75, 3.05) is 39.4 Å². The van der Waals surface area contributed by atoms with Gasteiger partial charge in [-0.15, -0.1) is 0 Å². The molecule has 6 heteroatoms. The molecule has 4 aromatic rings. The molecule has 0 radical (unpaired) electrons. The quantitative estimate of drug-likeness (QED) is 0.453. The minimum absolute atomic E-state index is 0.0835. The molecule has 6 rings (SSSR count). The molecule has 5 nitrogen and oxygen atoms in total. The number of hydrogen-bond donors (Lipinski definition) is 1. The molecule has 34 heavy (non-hydrogen) atoms. The normalized spacial score (nSPS) is 17.9. The van der Waals surface area contributed by atoms with Crippen LogP contribution in [-0.4, -0.2) is 60.3 Å². The fourth-order valence-corrected chi connectivity index (χ4v) is 5.20. The Morgan fingerprint density at radius 1 is 0.882 bits per heavy atom. The monoisotopic (exact) mass is 457 g/mol. The minimum atomic E-state index is -0.729. The summed E-state index contributed by atoms with van der Waals surface area (Å²) in [5.74, 6) is 0. The molecule has 0 aliphatic carbocycles. The van der Waals surface area contributed by atoms with Gasteiger partial charge >= 0.3 is 0 Å². The Morgan fingerprint density at radius 2 is 1.65 bits per heavy atom. The Morgan fingerprint density at radius 3 is 2.41 bits per heavy atom. The van der Waals surface area contributed by atoms with E-state index >= 15 is 0 Å². The Kier molecular flexibility index (Phi) is 5.65. The van der Waals surface area contributed by atoms with Gasteiger partial charge in [0.15, 0.2) is 0 Å². The number of halogens is 1. The molecule has 3 aromatic carbocycles. The van der Waals surface area contributed by atoms with Crippen molar-refractivity contribution < 1.29 is 9.13 Å². The van der Waals surface area contributed by atoms with E-state index in [1.54, 1.807) is 6.20 Å². The summed E-state index contributed by atoms with van der Waals surface area (Å²) in [6.45, 7) is 6.12. The molecular weight excluding hydrogens is 429 g/mol. The summed E-state index contributed by atoms with van der Waals surface area (Å²) < 4.78 is 18.8. The average Bonchev–Trinajstić information content (AvgIpc) is 2.84. The lowest BCUT2D eigenvalue weighted by molar-refractivity contribution is 0.0342. The van der Waals surface area contributed by atoms with Crippen LogP contribution in [-0.2, 0) is 17.8 Å². The predicted molar refractivity (Wildman–Crippen MR) is 134 cm³/mol. The first-order valence-corrected chi connectivity index (χ1v) is 12.0. The maximum absolute atomic E-state index is 13.4. The zero-order chi connectivity index (χ0) is 23.1. The number of aromatic amines is 1. The Hall–Kier alpha value is -3.06. The third-order valence-corrected chi connectivity index (χ3v) is 7.06. The molecule has 3 heterocycles. The molecular formula is C28H28FN3O2. The molecule has 2 aliphatic heterocycles. The van der Waals surface area contributed by atoms with Gasteiger partial charge in [0.25, 0.3) is 5.56 Å². The fraction of sp³-hybridized carbons (Fsp3) is 0.321. The Labute approximate surface area is 197 Å². The number of hydrogen-bond acceptors (Lipinski definition) is 4. The lowest BCUT2D eigenvalue weighted by Gasteiger charge is -2.34. The third-order valence-electron chi connectivity index (χ3n) is 7.06. The van der Waals surface area contributed by atoms with E-state index in [4.69, 9.17) is 4.74 Å². The lowest BCUT2D eigenvalue weighted by atomic mass is 9.93. The van der Waals surface area contributed by atoms with E-state index in [1.807, 2.05) is 6.07 Å². The van der Waals surface area contributed by atoms with E-state index in [0.717, 1.165) is 65.7 Å². The van der Waals surface area contributed by atoms with Gasteiger partial charge in [0.05, 0.1) is 18.6 Å². The van der Waals surface area contributed by atoms with Crippen molar-refractivity contribution in [3.8, 4) is 11.1 Å². The maximum Gasteiger partial charge on any atom is 0.256 e. The van der Waals surface area contributed by atoms with Crippen LogP contribution in [0.1, 0.15) is 11.1 Å². The van der Waals surface area contributed by atoms with E-state index in [1.165, 1.54) is 5.56 Å². The first-order valence-electron chi connectivity index (χ1n) is 12.0. The molecule has 2 aliphatic rings. The largest absolute Gasteiger partial charge is 0.379 e. The number of aromatic nitrogens is 1. The number of rotatable bonds is 5. The van der Waals surface area contributed by atoms with Crippen LogP contribution >= 0.6 is 0 Å². The number of pyridine rings is 1. The van der Waals surface area contributed by atoms with Gasteiger partial charge < -0.3 is 9.72 Å². The number of likely N-dealkylation sites (tertiary alicyclic amines) is 1.